The molecule has 0 spiro atoms. The quantitative estimate of drug-likeness (QED) is 0.0169. The van der Waals surface area contributed by atoms with Crippen molar-refractivity contribution >= 4 is 39.5 Å². The Morgan fingerprint density at radius 3 is 0.840 bits per heavy atom. The Labute approximate surface area is 609 Å². The lowest BCUT2D eigenvalue weighted by molar-refractivity contribution is -0.161. The van der Waals surface area contributed by atoms with Crippen molar-refractivity contribution < 1.29 is 80.2 Å². The van der Waals surface area contributed by atoms with E-state index in [1.807, 2.05) is 12.2 Å². The van der Waals surface area contributed by atoms with E-state index in [4.69, 9.17) is 37.0 Å². The van der Waals surface area contributed by atoms with Gasteiger partial charge in [-0.2, -0.15) is 0 Å². The minimum absolute atomic E-state index is 0.0421. The molecule has 19 heteroatoms. The molecule has 0 fully saturated rings. The molecule has 582 valence electrons. The second-order valence-electron chi connectivity index (χ2n) is 27.0. The Morgan fingerprint density at radius 1 is 0.280 bits per heavy atom. The fraction of sp³-hybridized carbons (Fsp3) is 0.802. The van der Waals surface area contributed by atoms with Crippen LogP contribution in [0.15, 0.2) is 72.9 Å². The Hall–Kier alpha value is -3.50. The molecule has 0 aliphatic heterocycles. The Kier molecular flexibility index (Phi) is 71.2. The second kappa shape index (κ2) is 73.8. The summed E-state index contributed by atoms with van der Waals surface area (Å²) < 4.78 is 68.5. The van der Waals surface area contributed by atoms with Crippen LogP contribution < -0.4 is 0 Å². The summed E-state index contributed by atoms with van der Waals surface area (Å²) in [6.45, 7) is 4.81. The first kappa shape index (κ1) is 96.5. The van der Waals surface area contributed by atoms with Gasteiger partial charge in [-0.1, -0.05) is 319 Å². The summed E-state index contributed by atoms with van der Waals surface area (Å²) in [6.07, 6.45) is 74.6. The highest BCUT2D eigenvalue weighted by Crippen LogP contribution is 2.45. The number of esters is 4. The van der Waals surface area contributed by atoms with Crippen LogP contribution in [0.2, 0.25) is 0 Å². The highest BCUT2D eigenvalue weighted by atomic mass is 31.2. The third-order valence-electron chi connectivity index (χ3n) is 17.2. The molecule has 100 heavy (non-hydrogen) atoms. The van der Waals surface area contributed by atoms with Gasteiger partial charge in [-0.25, -0.2) is 9.13 Å². The summed E-state index contributed by atoms with van der Waals surface area (Å²) in [5.41, 5.74) is 0. The molecule has 0 bridgehead atoms. The van der Waals surface area contributed by atoms with E-state index in [-0.39, 0.29) is 25.7 Å². The SMILES string of the molecule is CCCCC/C=C\C/C=C\C/C=C\C/C=C\C/C=C\CCC(=O)OC[C@H](COP(=O)(O)OC[C@@H](O)COP(=O)(O)OC[C@@H](COC(=O)CCCCCCC/C=C\CCCCCCCC)OC(=O)CCCCCCCCCCCCCCC)OC(=O)CCCCCCCCCCCCCCC. The molecule has 0 amide bonds. The maximum absolute atomic E-state index is 13.1. The van der Waals surface area contributed by atoms with Crippen molar-refractivity contribution in [2.75, 3.05) is 39.6 Å². The number of allylic oxidation sites excluding steroid dienone is 12. The zero-order valence-electron chi connectivity index (χ0n) is 63.6. The fourth-order valence-electron chi connectivity index (χ4n) is 11.0. The molecule has 0 aromatic heterocycles. The first-order chi connectivity index (χ1) is 48.7. The van der Waals surface area contributed by atoms with Crippen molar-refractivity contribution in [2.24, 2.45) is 0 Å². The number of unbranched alkanes of at least 4 members (excludes halogenated alkanes) is 38. The van der Waals surface area contributed by atoms with Crippen molar-refractivity contribution in [3.05, 3.63) is 72.9 Å². The highest BCUT2D eigenvalue weighted by molar-refractivity contribution is 7.47. The summed E-state index contributed by atoms with van der Waals surface area (Å²) in [7, 11) is -9.96. The standard InChI is InChI=1S/C81H146O17P2/c1-5-9-13-17-21-25-29-33-35-36-37-38-40-44-46-50-54-58-62-66-79(84)92-72-77(98-81(86)68-64-60-56-52-48-42-32-28-24-20-16-12-8-4)74-96-100(89,90)94-70-75(82)69-93-99(87,88)95-73-76(97-80(85)67-63-59-55-51-47-41-31-27-23-19-15-11-7-3)71-91-78(83)65-61-57-53-49-45-43-39-34-30-26-22-18-14-10-6-2/h21,25,33-35,37-39,44,46,54,58,75-77,82H,5-20,22-24,26-32,36,40-43,45,47-53,55-57,59-74H2,1-4H3,(H,87,88)(H,89,90)/b25-21-,35-33-,38-37-,39-34-,46-44-,58-54-/t75-,76+,77+/m0/s1. The van der Waals surface area contributed by atoms with E-state index in [1.165, 1.54) is 161 Å². The second-order valence-corrected chi connectivity index (χ2v) is 29.9. The van der Waals surface area contributed by atoms with Crippen molar-refractivity contribution in [1.29, 1.82) is 0 Å². The maximum Gasteiger partial charge on any atom is 0.472 e. The van der Waals surface area contributed by atoms with Gasteiger partial charge in [0.2, 0.25) is 0 Å². The van der Waals surface area contributed by atoms with Gasteiger partial charge in [-0.05, 0) is 89.9 Å². The zero-order valence-corrected chi connectivity index (χ0v) is 65.4. The number of hydrogen-bond donors (Lipinski definition) is 3. The largest absolute Gasteiger partial charge is 0.472 e. The van der Waals surface area contributed by atoms with Crippen molar-refractivity contribution in [2.45, 2.75) is 380 Å². The Bertz CT molecular complexity index is 2180. The van der Waals surface area contributed by atoms with E-state index in [2.05, 4.69) is 88.5 Å². The minimum atomic E-state index is -4.98. The van der Waals surface area contributed by atoms with Crippen LogP contribution in [0.4, 0.5) is 0 Å². The number of carbonyl (C=O) groups excluding carboxylic acids is 4. The minimum Gasteiger partial charge on any atom is -0.462 e. The summed E-state index contributed by atoms with van der Waals surface area (Å²) in [4.78, 5) is 72.9. The van der Waals surface area contributed by atoms with Gasteiger partial charge in [-0.15, -0.1) is 0 Å². The Morgan fingerprint density at radius 2 is 0.510 bits per heavy atom. The summed E-state index contributed by atoms with van der Waals surface area (Å²) >= 11 is 0. The van der Waals surface area contributed by atoms with Crippen molar-refractivity contribution in [3.8, 4) is 0 Å². The van der Waals surface area contributed by atoms with Crippen LogP contribution in [0.5, 0.6) is 0 Å². The third-order valence-corrected chi connectivity index (χ3v) is 19.1. The fourth-order valence-corrected chi connectivity index (χ4v) is 12.6. The monoisotopic (exact) mass is 1450 g/mol. The van der Waals surface area contributed by atoms with Gasteiger partial charge in [0.25, 0.3) is 0 Å². The smallest absolute Gasteiger partial charge is 0.462 e. The van der Waals surface area contributed by atoms with E-state index in [0.717, 1.165) is 116 Å². The molecule has 17 nitrogen and oxygen atoms in total. The molecule has 5 atom stereocenters. The van der Waals surface area contributed by atoms with E-state index in [0.29, 0.717) is 32.1 Å². The van der Waals surface area contributed by atoms with Gasteiger partial charge in [0, 0.05) is 25.7 Å². The maximum atomic E-state index is 13.1. The van der Waals surface area contributed by atoms with Gasteiger partial charge >= 0.3 is 39.5 Å². The first-order valence-corrected chi connectivity index (χ1v) is 43.2. The van der Waals surface area contributed by atoms with Gasteiger partial charge in [0.1, 0.15) is 19.3 Å². The normalized spacial score (nSPS) is 14.3. The lowest BCUT2D eigenvalue weighted by Gasteiger charge is -2.21. The van der Waals surface area contributed by atoms with Crippen LogP contribution >= 0.6 is 15.6 Å². The number of carbonyl (C=O) groups is 4. The molecule has 0 aromatic carbocycles. The average Bonchev–Trinajstić information content (AvgIpc) is 0.935. The molecule has 0 heterocycles. The number of phosphoric ester groups is 2. The average molecular weight is 1450 g/mol. The van der Waals surface area contributed by atoms with Crippen molar-refractivity contribution in [1.82, 2.24) is 0 Å². The zero-order chi connectivity index (χ0) is 73.2. The summed E-state index contributed by atoms with van der Waals surface area (Å²) in [6, 6.07) is 0. The van der Waals surface area contributed by atoms with Crippen LogP contribution in [0.25, 0.3) is 0 Å². The first-order valence-electron chi connectivity index (χ1n) is 40.2. The molecule has 0 aliphatic carbocycles. The predicted molar refractivity (Wildman–Crippen MR) is 409 cm³/mol. The van der Waals surface area contributed by atoms with Crippen molar-refractivity contribution in [3.63, 3.8) is 0 Å². The summed E-state index contributed by atoms with van der Waals surface area (Å²) in [5, 5.41) is 10.6. The Balaban J connectivity index is 5.37. The predicted octanol–water partition coefficient (Wildman–Crippen LogP) is 23.2. The van der Waals surface area contributed by atoms with Gasteiger partial charge in [0.15, 0.2) is 12.2 Å². The van der Waals surface area contributed by atoms with Crippen LogP contribution in [-0.2, 0) is 65.4 Å². The lowest BCUT2D eigenvalue weighted by Crippen LogP contribution is -2.30. The number of phosphoric acid groups is 2. The van der Waals surface area contributed by atoms with E-state index in [9.17, 15) is 43.2 Å². The van der Waals surface area contributed by atoms with Gasteiger partial charge in [-0.3, -0.25) is 37.3 Å². The number of rotatable bonds is 76. The molecule has 0 rings (SSSR count). The highest BCUT2D eigenvalue weighted by Gasteiger charge is 2.30. The van der Waals surface area contributed by atoms with Crippen LogP contribution in [0.1, 0.15) is 362 Å². The molecular formula is C81H146O17P2. The molecule has 0 saturated heterocycles. The van der Waals surface area contributed by atoms with E-state index >= 15 is 0 Å². The molecule has 0 aliphatic rings. The number of hydrogen-bond acceptors (Lipinski definition) is 15. The molecular weight excluding hydrogens is 1310 g/mol. The molecule has 2 unspecified atom stereocenters. The van der Waals surface area contributed by atoms with Gasteiger partial charge in [0.05, 0.1) is 26.4 Å². The molecule has 0 aromatic rings. The van der Waals surface area contributed by atoms with E-state index < -0.39 is 97.5 Å². The molecule has 3 N–H and O–H groups in total. The number of aliphatic hydroxyl groups excluding tert-OH is 1. The molecule has 0 saturated carbocycles. The third kappa shape index (κ3) is 72.8. The van der Waals surface area contributed by atoms with E-state index in [1.54, 1.807) is 0 Å². The summed E-state index contributed by atoms with van der Waals surface area (Å²) in [5.74, 6) is -2.25. The van der Waals surface area contributed by atoms with Crippen LogP contribution in [0.3, 0.4) is 0 Å². The topological polar surface area (TPSA) is 237 Å². The number of ether oxygens (including phenoxy) is 4. The van der Waals surface area contributed by atoms with Crippen LogP contribution in [0, 0.1) is 0 Å². The lowest BCUT2D eigenvalue weighted by atomic mass is 10.0. The molecule has 0 radical (unpaired) electrons. The van der Waals surface area contributed by atoms with Gasteiger partial charge < -0.3 is 33.8 Å². The number of aliphatic hydroxyl groups is 1. The van der Waals surface area contributed by atoms with Crippen LogP contribution in [-0.4, -0.2) is 96.7 Å².